The van der Waals surface area contributed by atoms with Gasteiger partial charge in [0.1, 0.15) is 0 Å². The Bertz CT molecular complexity index is 494. The first-order valence-electron chi connectivity index (χ1n) is 5.78. The first-order chi connectivity index (χ1) is 11.0. The number of nitrogens with zero attached hydrogens (tertiary/aromatic N) is 3. The fourth-order valence-electron chi connectivity index (χ4n) is 0.427. The van der Waals surface area contributed by atoms with Gasteiger partial charge in [0, 0.05) is 0 Å². The molecule has 3 amide bonds. The second kappa shape index (κ2) is 15.4. The number of hydrogen-bond acceptors (Lipinski definition) is 9. The third-order valence-electron chi connectivity index (χ3n) is 1.29. The fourth-order valence-corrected chi connectivity index (χ4v) is 0.427. The van der Waals surface area contributed by atoms with E-state index in [1.807, 2.05) is 0 Å². The molecule has 0 bridgehead atoms. The van der Waals surface area contributed by atoms with Gasteiger partial charge in [0.05, 0.1) is 0 Å². The highest BCUT2D eigenvalue weighted by Crippen LogP contribution is 1.97. The molecule has 0 radical (unpaired) electrons. The summed E-state index contributed by atoms with van der Waals surface area (Å²) in [7, 11) is 0. The standard InChI is InChI=1S/C3H6N6.3C3H5NO/c4-1-7-2(5)9-3(6)8-1;3*1-2-3(4)5/h(H6,4,5,6,7,8,9);3*2H,1H2,(H2,4,5). The van der Waals surface area contributed by atoms with Crippen LogP contribution in [0.25, 0.3) is 0 Å². The molecular weight excluding hydrogens is 318 g/mol. The minimum absolute atomic E-state index is 0.0417. The van der Waals surface area contributed by atoms with Crippen LogP contribution in [0.15, 0.2) is 38.0 Å². The molecule has 0 aliphatic heterocycles. The summed E-state index contributed by atoms with van der Waals surface area (Å²) in [4.78, 5) is 38.9. The van der Waals surface area contributed by atoms with E-state index < -0.39 is 17.7 Å². The van der Waals surface area contributed by atoms with Crippen molar-refractivity contribution < 1.29 is 14.4 Å². The summed E-state index contributed by atoms with van der Waals surface area (Å²) < 4.78 is 0. The van der Waals surface area contributed by atoms with E-state index in [2.05, 4.69) is 51.9 Å². The van der Waals surface area contributed by atoms with Gasteiger partial charge in [0.2, 0.25) is 35.6 Å². The van der Waals surface area contributed by atoms with Gasteiger partial charge in [0.25, 0.3) is 0 Å². The predicted octanol–water partition coefficient (Wildman–Crippen LogP) is -2.41. The van der Waals surface area contributed by atoms with Gasteiger partial charge in [-0.1, -0.05) is 19.7 Å². The van der Waals surface area contributed by atoms with Crippen molar-refractivity contribution in [3.63, 3.8) is 0 Å². The Morgan fingerprint density at radius 2 is 0.750 bits per heavy atom. The SMILES string of the molecule is C=CC(N)=O.C=CC(N)=O.C=CC(N)=O.Nc1nc(N)nc(N)n1. The number of anilines is 3. The second-order valence-corrected chi connectivity index (χ2v) is 3.23. The molecule has 132 valence electrons. The summed E-state index contributed by atoms with van der Waals surface area (Å²) in [6.45, 7) is 9.26. The van der Waals surface area contributed by atoms with Crippen molar-refractivity contribution in [3.8, 4) is 0 Å². The average molecular weight is 339 g/mol. The van der Waals surface area contributed by atoms with E-state index in [1.54, 1.807) is 0 Å². The van der Waals surface area contributed by atoms with Gasteiger partial charge in [-0.2, -0.15) is 15.0 Å². The Kier molecular flexibility index (Phi) is 16.1. The van der Waals surface area contributed by atoms with Crippen LogP contribution in [0.5, 0.6) is 0 Å². The summed E-state index contributed by atoms with van der Waals surface area (Å²) in [5, 5.41) is 0. The van der Waals surface area contributed by atoms with Crippen molar-refractivity contribution in [3.05, 3.63) is 38.0 Å². The zero-order chi connectivity index (χ0) is 19.7. The molecule has 0 fully saturated rings. The van der Waals surface area contributed by atoms with Gasteiger partial charge in [-0.3, -0.25) is 14.4 Å². The number of nitrogen functional groups attached to an aromatic ring is 3. The van der Waals surface area contributed by atoms with E-state index in [4.69, 9.17) is 17.2 Å². The summed E-state index contributed by atoms with van der Waals surface area (Å²) in [5.41, 5.74) is 29.0. The van der Waals surface area contributed by atoms with Crippen molar-refractivity contribution >= 4 is 35.6 Å². The first kappa shape index (κ1) is 25.0. The molecule has 0 saturated carbocycles. The van der Waals surface area contributed by atoms with Crippen LogP contribution in [0.2, 0.25) is 0 Å². The summed E-state index contributed by atoms with van der Waals surface area (Å²) in [6, 6.07) is 0. The number of carbonyl (C=O) groups excluding carboxylic acids is 3. The maximum atomic E-state index is 9.47. The van der Waals surface area contributed by atoms with Crippen molar-refractivity contribution in [2.24, 2.45) is 17.2 Å². The lowest BCUT2D eigenvalue weighted by atomic mass is 10.6. The van der Waals surface area contributed by atoms with Crippen LogP contribution in [-0.2, 0) is 14.4 Å². The monoisotopic (exact) mass is 339 g/mol. The fraction of sp³-hybridized carbons (Fsp3) is 0. The van der Waals surface area contributed by atoms with Gasteiger partial charge in [-0.25, -0.2) is 0 Å². The summed E-state index contributed by atoms with van der Waals surface area (Å²) in [5.74, 6) is -1.32. The van der Waals surface area contributed by atoms with E-state index in [-0.39, 0.29) is 17.8 Å². The van der Waals surface area contributed by atoms with Crippen LogP contribution in [-0.4, -0.2) is 32.7 Å². The van der Waals surface area contributed by atoms with Crippen molar-refractivity contribution in [1.82, 2.24) is 15.0 Å². The molecule has 12 heteroatoms. The van der Waals surface area contributed by atoms with Crippen molar-refractivity contribution in [1.29, 1.82) is 0 Å². The highest BCUT2D eigenvalue weighted by Gasteiger charge is 1.93. The van der Waals surface area contributed by atoms with Crippen molar-refractivity contribution in [2.45, 2.75) is 0 Å². The molecule has 0 atom stereocenters. The lowest BCUT2D eigenvalue weighted by Gasteiger charge is -1.93. The molecule has 1 rings (SSSR count). The molecule has 1 aromatic rings. The highest BCUT2D eigenvalue weighted by molar-refractivity contribution is 5.85. The van der Waals surface area contributed by atoms with Gasteiger partial charge >= 0.3 is 0 Å². The van der Waals surface area contributed by atoms with E-state index >= 15 is 0 Å². The maximum absolute atomic E-state index is 9.47. The smallest absolute Gasteiger partial charge is 0.240 e. The average Bonchev–Trinajstić information content (AvgIpc) is 2.47. The molecule has 12 nitrogen and oxygen atoms in total. The van der Waals surface area contributed by atoms with Gasteiger partial charge in [0.15, 0.2) is 0 Å². The Hall–Kier alpha value is -3.96. The molecule has 1 heterocycles. The van der Waals surface area contributed by atoms with Crippen LogP contribution in [0, 0.1) is 0 Å². The van der Waals surface area contributed by atoms with Gasteiger partial charge < -0.3 is 34.4 Å². The number of nitrogens with two attached hydrogens (primary N) is 6. The van der Waals surface area contributed by atoms with Crippen LogP contribution < -0.4 is 34.4 Å². The molecule has 0 spiro atoms. The Morgan fingerprint density at radius 1 is 0.625 bits per heavy atom. The first-order valence-corrected chi connectivity index (χ1v) is 5.78. The van der Waals surface area contributed by atoms with Crippen LogP contribution in [0.4, 0.5) is 17.8 Å². The van der Waals surface area contributed by atoms with E-state index in [1.165, 1.54) is 0 Å². The summed E-state index contributed by atoms with van der Waals surface area (Å²) in [6.07, 6.45) is 3.17. The number of primary amides is 3. The molecule has 0 aliphatic carbocycles. The number of hydrogen-bond donors (Lipinski definition) is 6. The Morgan fingerprint density at radius 3 is 0.833 bits per heavy atom. The van der Waals surface area contributed by atoms with Gasteiger partial charge in [-0.05, 0) is 18.2 Å². The molecule has 0 unspecified atom stereocenters. The number of aromatic nitrogens is 3. The lowest BCUT2D eigenvalue weighted by molar-refractivity contribution is -0.114. The third-order valence-corrected chi connectivity index (χ3v) is 1.29. The minimum atomic E-state index is -0.481. The van der Waals surface area contributed by atoms with Crippen molar-refractivity contribution in [2.75, 3.05) is 17.2 Å². The van der Waals surface area contributed by atoms with Crippen LogP contribution in [0.3, 0.4) is 0 Å². The Balaban J connectivity index is -0.000000259. The number of amides is 3. The lowest BCUT2D eigenvalue weighted by Crippen LogP contribution is -2.05. The second-order valence-electron chi connectivity index (χ2n) is 3.23. The summed E-state index contributed by atoms with van der Waals surface area (Å²) >= 11 is 0. The molecule has 0 aliphatic rings. The van der Waals surface area contributed by atoms with Crippen LogP contribution >= 0.6 is 0 Å². The predicted molar refractivity (Wildman–Crippen MR) is 91.2 cm³/mol. The molecule has 0 aromatic carbocycles. The number of carbonyl (C=O) groups is 3. The van der Waals surface area contributed by atoms with E-state index in [9.17, 15) is 14.4 Å². The maximum Gasteiger partial charge on any atom is 0.240 e. The zero-order valence-electron chi connectivity index (χ0n) is 12.9. The van der Waals surface area contributed by atoms with Gasteiger partial charge in [-0.15, -0.1) is 0 Å². The van der Waals surface area contributed by atoms with Crippen LogP contribution in [0.1, 0.15) is 0 Å². The molecular formula is C12H21N9O3. The third kappa shape index (κ3) is 26.6. The quantitative estimate of drug-likeness (QED) is 0.320. The molecule has 12 N–H and O–H groups in total. The topological polar surface area (TPSA) is 246 Å². The number of rotatable bonds is 3. The molecule has 24 heavy (non-hydrogen) atoms. The minimum Gasteiger partial charge on any atom is -0.368 e. The van der Waals surface area contributed by atoms with E-state index in [0.29, 0.717) is 0 Å². The largest absolute Gasteiger partial charge is 0.368 e. The Labute approximate surface area is 138 Å². The normalized spacial score (nSPS) is 7.50. The molecule has 1 aromatic heterocycles. The zero-order valence-corrected chi connectivity index (χ0v) is 12.9. The van der Waals surface area contributed by atoms with E-state index in [0.717, 1.165) is 18.2 Å². The highest BCUT2D eigenvalue weighted by atomic mass is 16.1. The molecule has 0 saturated heterocycles.